The minimum atomic E-state index is 0.210. The number of aliphatic hydroxyl groups is 1. The van der Waals surface area contributed by atoms with E-state index in [9.17, 15) is 0 Å². The predicted octanol–water partition coefficient (Wildman–Crippen LogP) is 2.73. The van der Waals surface area contributed by atoms with E-state index in [1.165, 1.54) is 5.56 Å². The number of unbranched alkanes of at least 4 members (excludes halogenated alkanes) is 1. The molecule has 0 spiro atoms. The average Bonchev–Trinajstić information content (AvgIpc) is 2.43. The van der Waals surface area contributed by atoms with Crippen LogP contribution in [0.4, 0.5) is 0 Å². The molecule has 1 aromatic rings. The van der Waals surface area contributed by atoms with E-state index < -0.39 is 0 Å². The molecule has 4 nitrogen and oxygen atoms in total. The van der Waals surface area contributed by atoms with Crippen molar-refractivity contribution in [3.8, 4) is 11.5 Å². The van der Waals surface area contributed by atoms with Crippen molar-refractivity contribution in [2.24, 2.45) is 0 Å². The standard InChI is InChI=1S/C16H27NO3/c1-4-19-16-11-14(12-17-13(2)3)7-8-15(16)20-10-6-5-9-18/h7-8,11,13,17-18H,4-6,9-10,12H2,1-3H3. The SMILES string of the molecule is CCOc1cc(CNC(C)C)ccc1OCCCCO. The van der Waals surface area contributed by atoms with Crippen molar-refractivity contribution in [1.82, 2.24) is 5.32 Å². The minimum Gasteiger partial charge on any atom is -0.490 e. The third-order valence-corrected chi connectivity index (χ3v) is 2.83. The first-order valence-corrected chi connectivity index (χ1v) is 7.40. The Labute approximate surface area is 122 Å². The van der Waals surface area contributed by atoms with Crippen LogP contribution in [-0.4, -0.2) is 31.0 Å². The lowest BCUT2D eigenvalue weighted by molar-refractivity contribution is 0.243. The van der Waals surface area contributed by atoms with Gasteiger partial charge in [0.1, 0.15) is 0 Å². The van der Waals surface area contributed by atoms with E-state index in [0.29, 0.717) is 19.3 Å². The molecule has 0 fully saturated rings. The van der Waals surface area contributed by atoms with Gasteiger partial charge in [0.25, 0.3) is 0 Å². The summed E-state index contributed by atoms with van der Waals surface area (Å²) < 4.78 is 11.4. The average molecular weight is 281 g/mol. The molecular weight excluding hydrogens is 254 g/mol. The molecule has 0 heterocycles. The van der Waals surface area contributed by atoms with Crippen LogP contribution in [0.5, 0.6) is 11.5 Å². The summed E-state index contributed by atoms with van der Waals surface area (Å²) in [6.45, 7) is 8.47. The van der Waals surface area contributed by atoms with Crippen LogP contribution in [0.3, 0.4) is 0 Å². The molecule has 0 atom stereocenters. The molecule has 0 aromatic heterocycles. The van der Waals surface area contributed by atoms with E-state index in [-0.39, 0.29) is 6.61 Å². The molecule has 0 saturated carbocycles. The second-order valence-electron chi connectivity index (χ2n) is 5.03. The lowest BCUT2D eigenvalue weighted by Crippen LogP contribution is -2.21. The van der Waals surface area contributed by atoms with Crippen molar-refractivity contribution in [3.05, 3.63) is 23.8 Å². The summed E-state index contributed by atoms with van der Waals surface area (Å²) in [5.41, 5.74) is 1.19. The van der Waals surface area contributed by atoms with Gasteiger partial charge in [0.2, 0.25) is 0 Å². The van der Waals surface area contributed by atoms with E-state index in [0.717, 1.165) is 30.9 Å². The minimum absolute atomic E-state index is 0.210. The number of ether oxygens (including phenoxy) is 2. The lowest BCUT2D eigenvalue weighted by Gasteiger charge is -2.14. The third-order valence-electron chi connectivity index (χ3n) is 2.83. The van der Waals surface area contributed by atoms with Crippen LogP contribution in [0.2, 0.25) is 0 Å². The quantitative estimate of drug-likeness (QED) is 0.648. The number of hydrogen-bond donors (Lipinski definition) is 2. The zero-order valence-corrected chi connectivity index (χ0v) is 12.8. The van der Waals surface area contributed by atoms with Gasteiger partial charge in [-0.2, -0.15) is 0 Å². The van der Waals surface area contributed by atoms with E-state index in [2.05, 4.69) is 25.2 Å². The lowest BCUT2D eigenvalue weighted by atomic mass is 10.2. The van der Waals surface area contributed by atoms with Crippen molar-refractivity contribution < 1.29 is 14.6 Å². The largest absolute Gasteiger partial charge is 0.490 e. The van der Waals surface area contributed by atoms with Gasteiger partial charge in [-0.25, -0.2) is 0 Å². The zero-order chi connectivity index (χ0) is 14.8. The molecule has 2 N–H and O–H groups in total. The van der Waals surface area contributed by atoms with Crippen LogP contribution in [0.15, 0.2) is 18.2 Å². The molecule has 0 unspecified atom stereocenters. The third kappa shape index (κ3) is 6.26. The van der Waals surface area contributed by atoms with Gasteiger partial charge in [-0.05, 0) is 37.5 Å². The Balaban J connectivity index is 2.63. The Hall–Kier alpha value is -1.26. The van der Waals surface area contributed by atoms with Gasteiger partial charge in [0.05, 0.1) is 13.2 Å². The molecule has 4 heteroatoms. The zero-order valence-electron chi connectivity index (χ0n) is 12.8. The summed E-state index contributed by atoms with van der Waals surface area (Å²) in [5.74, 6) is 1.57. The van der Waals surface area contributed by atoms with Crippen molar-refractivity contribution >= 4 is 0 Å². The van der Waals surface area contributed by atoms with Crippen molar-refractivity contribution in [2.45, 2.75) is 46.2 Å². The maximum atomic E-state index is 8.76. The number of aliphatic hydroxyl groups excluding tert-OH is 1. The Morgan fingerprint density at radius 1 is 1.15 bits per heavy atom. The summed E-state index contributed by atoms with van der Waals surface area (Å²) in [5, 5.41) is 12.1. The maximum Gasteiger partial charge on any atom is 0.161 e. The Bertz CT molecular complexity index is 380. The number of hydrogen-bond acceptors (Lipinski definition) is 4. The molecule has 0 radical (unpaired) electrons. The second kappa shape index (κ2) is 9.61. The molecule has 0 aliphatic carbocycles. The van der Waals surface area contributed by atoms with Crippen molar-refractivity contribution in [1.29, 1.82) is 0 Å². The van der Waals surface area contributed by atoms with E-state index in [1.54, 1.807) is 0 Å². The number of benzene rings is 1. The highest BCUT2D eigenvalue weighted by atomic mass is 16.5. The normalized spacial score (nSPS) is 10.8. The topological polar surface area (TPSA) is 50.7 Å². The highest BCUT2D eigenvalue weighted by Crippen LogP contribution is 2.28. The fraction of sp³-hybridized carbons (Fsp3) is 0.625. The first-order chi connectivity index (χ1) is 9.67. The second-order valence-corrected chi connectivity index (χ2v) is 5.03. The van der Waals surface area contributed by atoms with Crippen LogP contribution in [0.1, 0.15) is 39.2 Å². The summed E-state index contributed by atoms with van der Waals surface area (Å²) in [6, 6.07) is 6.50. The Morgan fingerprint density at radius 2 is 1.95 bits per heavy atom. The maximum absolute atomic E-state index is 8.76. The molecule has 114 valence electrons. The predicted molar refractivity (Wildman–Crippen MR) is 81.4 cm³/mol. The van der Waals surface area contributed by atoms with Gasteiger partial charge in [0.15, 0.2) is 11.5 Å². The summed E-state index contributed by atoms with van der Waals surface area (Å²) in [4.78, 5) is 0. The van der Waals surface area contributed by atoms with Gasteiger partial charge in [-0.1, -0.05) is 19.9 Å². The fourth-order valence-electron chi connectivity index (χ4n) is 1.77. The summed E-state index contributed by atoms with van der Waals surface area (Å²) in [7, 11) is 0. The molecule has 20 heavy (non-hydrogen) atoms. The first-order valence-electron chi connectivity index (χ1n) is 7.40. The Kier molecular flexibility index (Phi) is 8.07. The summed E-state index contributed by atoms with van der Waals surface area (Å²) in [6.07, 6.45) is 1.61. The molecule has 0 aliphatic heterocycles. The molecule has 1 rings (SSSR count). The monoisotopic (exact) mass is 281 g/mol. The molecule has 0 bridgehead atoms. The molecule has 1 aromatic carbocycles. The van der Waals surface area contributed by atoms with Gasteiger partial charge < -0.3 is 19.9 Å². The van der Waals surface area contributed by atoms with Gasteiger partial charge >= 0.3 is 0 Å². The number of nitrogens with one attached hydrogen (secondary N) is 1. The Morgan fingerprint density at radius 3 is 2.60 bits per heavy atom. The number of rotatable bonds is 10. The van der Waals surface area contributed by atoms with Crippen LogP contribution in [0.25, 0.3) is 0 Å². The van der Waals surface area contributed by atoms with Gasteiger partial charge in [-0.15, -0.1) is 0 Å². The van der Waals surface area contributed by atoms with Crippen molar-refractivity contribution in [2.75, 3.05) is 19.8 Å². The highest BCUT2D eigenvalue weighted by Gasteiger charge is 2.07. The summed E-state index contributed by atoms with van der Waals surface area (Å²) >= 11 is 0. The molecule has 0 saturated heterocycles. The smallest absolute Gasteiger partial charge is 0.161 e. The first kappa shape index (κ1) is 16.8. The van der Waals surface area contributed by atoms with Gasteiger partial charge in [0, 0.05) is 19.2 Å². The van der Waals surface area contributed by atoms with Crippen LogP contribution < -0.4 is 14.8 Å². The van der Waals surface area contributed by atoms with Crippen molar-refractivity contribution in [3.63, 3.8) is 0 Å². The fourth-order valence-corrected chi connectivity index (χ4v) is 1.77. The van der Waals surface area contributed by atoms with Crippen LogP contribution in [-0.2, 0) is 6.54 Å². The van der Waals surface area contributed by atoms with E-state index >= 15 is 0 Å². The van der Waals surface area contributed by atoms with Crippen LogP contribution >= 0.6 is 0 Å². The molecule has 0 aliphatic rings. The highest BCUT2D eigenvalue weighted by molar-refractivity contribution is 5.43. The van der Waals surface area contributed by atoms with Crippen LogP contribution in [0, 0.1) is 0 Å². The van der Waals surface area contributed by atoms with Gasteiger partial charge in [-0.3, -0.25) is 0 Å². The van der Waals surface area contributed by atoms with E-state index in [1.807, 2.05) is 19.1 Å². The molecule has 0 amide bonds. The molecular formula is C16H27NO3. The van der Waals surface area contributed by atoms with E-state index in [4.69, 9.17) is 14.6 Å².